The molecule has 0 saturated heterocycles. The molecule has 1 fully saturated rings. The zero-order valence-corrected chi connectivity index (χ0v) is 8.69. The van der Waals surface area contributed by atoms with Gasteiger partial charge in [0.2, 0.25) is 0 Å². The Morgan fingerprint density at radius 3 is 2.73 bits per heavy atom. The first-order chi connectivity index (χ1) is 7.16. The van der Waals surface area contributed by atoms with Gasteiger partial charge in [0.25, 0.3) is 0 Å². The standard InChI is InChI=1S/C12H13NO2/c1-8-3-2-4-10(13-8)12(15)7-11(14)9-5-6-9/h2-4,9H,5-7H2,1H3. The van der Waals surface area contributed by atoms with Crippen molar-refractivity contribution in [2.75, 3.05) is 0 Å². The van der Waals surface area contributed by atoms with Crippen molar-refractivity contribution in [3.8, 4) is 0 Å². The smallest absolute Gasteiger partial charge is 0.188 e. The monoisotopic (exact) mass is 203 g/mol. The first-order valence-electron chi connectivity index (χ1n) is 5.16. The lowest BCUT2D eigenvalue weighted by Gasteiger charge is -1.99. The second-order valence-corrected chi connectivity index (χ2v) is 4.00. The fraction of sp³-hybridized carbons (Fsp3) is 0.417. The van der Waals surface area contributed by atoms with Crippen LogP contribution in [0.2, 0.25) is 0 Å². The fourth-order valence-corrected chi connectivity index (χ4v) is 1.50. The summed E-state index contributed by atoms with van der Waals surface area (Å²) in [6.07, 6.45) is 1.92. The molecule has 1 heterocycles. The van der Waals surface area contributed by atoms with Gasteiger partial charge in [-0.2, -0.15) is 0 Å². The van der Waals surface area contributed by atoms with Crippen molar-refractivity contribution in [2.24, 2.45) is 5.92 Å². The molecule has 2 rings (SSSR count). The number of hydrogen-bond acceptors (Lipinski definition) is 3. The van der Waals surface area contributed by atoms with Crippen LogP contribution < -0.4 is 0 Å². The summed E-state index contributed by atoms with van der Waals surface area (Å²) in [5.41, 5.74) is 1.21. The van der Waals surface area contributed by atoms with Gasteiger partial charge in [0.05, 0.1) is 6.42 Å². The van der Waals surface area contributed by atoms with Crippen LogP contribution >= 0.6 is 0 Å². The first kappa shape index (κ1) is 10.0. The van der Waals surface area contributed by atoms with Gasteiger partial charge in [0.1, 0.15) is 11.5 Å². The molecule has 1 saturated carbocycles. The summed E-state index contributed by atoms with van der Waals surface area (Å²) in [5.74, 6) is 0.0673. The average molecular weight is 203 g/mol. The highest BCUT2D eigenvalue weighted by Crippen LogP contribution is 2.31. The van der Waals surface area contributed by atoms with Crippen molar-refractivity contribution in [3.05, 3.63) is 29.6 Å². The van der Waals surface area contributed by atoms with Crippen LogP contribution in [0.15, 0.2) is 18.2 Å². The molecule has 0 N–H and O–H groups in total. The second-order valence-electron chi connectivity index (χ2n) is 4.00. The number of nitrogens with zero attached hydrogens (tertiary/aromatic N) is 1. The number of pyridine rings is 1. The molecule has 0 aliphatic heterocycles. The SMILES string of the molecule is Cc1cccc(C(=O)CC(=O)C2CC2)n1. The van der Waals surface area contributed by atoms with Gasteiger partial charge in [-0.1, -0.05) is 6.07 Å². The van der Waals surface area contributed by atoms with Gasteiger partial charge in [-0.25, -0.2) is 0 Å². The predicted octanol–water partition coefficient (Wildman–Crippen LogP) is 1.94. The highest BCUT2D eigenvalue weighted by atomic mass is 16.1. The van der Waals surface area contributed by atoms with Crippen molar-refractivity contribution in [1.29, 1.82) is 0 Å². The van der Waals surface area contributed by atoms with Crippen LogP contribution in [0.4, 0.5) is 0 Å². The summed E-state index contributed by atoms with van der Waals surface area (Å²) >= 11 is 0. The summed E-state index contributed by atoms with van der Waals surface area (Å²) in [7, 11) is 0. The maximum atomic E-state index is 11.7. The van der Waals surface area contributed by atoms with Gasteiger partial charge in [0, 0.05) is 11.6 Å². The number of hydrogen-bond donors (Lipinski definition) is 0. The highest BCUT2D eigenvalue weighted by molar-refractivity contribution is 6.08. The zero-order valence-electron chi connectivity index (χ0n) is 8.69. The number of carbonyl (C=O) groups is 2. The van der Waals surface area contributed by atoms with E-state index >= 15 is 0 Å². The molecule has 15 heavy (non-hydrogen) atoms. The molecule has 1 aliphatic carbocycles. The van der Waals surface area contributed by atoms with Crippen molar-refractivity contribution >= 4 is 11.6 Å². The van der Waals surface area contributed by atoms with Crippen LogP contribution in [0.5, 0.6) is 0 Å². The second kappa shape index (κ2) is 3.93. The lowest BCUT2D eigenvalue weighted by Crippen LogP contribution is -2.11. The Hall–Kier alpha value is -1.51. The summed E-state index contributed by atoms with van der Waals surface area (Å²) in [4.78, 5) is 27.2. The Balaban J connectivity index is 2.03. The van der Waals surface area contributed by atoms with Crippen LogP contribution in [0.25, 0.3) is 0 Å². The molecular weight excluding hydrogens is 190 g/mol. The van der Waals surface area contributed by atoms with Gasteiger partial charge in [-0.15, -0.1) is 0 Å². The van der Waals surface area contributed by atoms with Crippen LogP contribution in [0.1, 0.15) is 35.4 Å². The third-order valence-electron chi connectivity index (χ3n) is 2.54. The summed E-state index contributed by atoms with van der Waals surface area (Å²) in [6.45, 7) is 1.83. The maximum Gasteiger partial charge on any atom is 0.188 e. The van der Waals surface area contributed by atoms with E-state index in [2.05, 4.69) is 4.98 Å². The minimum atomic E-state index is -0.157. The first-order valence-corrected chi connectivity index (χ1v) is 5.16. The minimum absolute atomic E-state index is 0.0150. The zero-order chi connectivity index (χ0) is 10.8. The summed E-state index contributed by atoms with van der Waals surface area (Å²) in [6, 6.07) is 5.28. The molecule has 3 nitrogen and oxygen atoms in total. The Morgan fingerprint density at radius 1 is 1.40 bits per heavy atom. The van der Waals surface area contributed by atoms with E-state index in [1.165, 1.54) is 0 Å². The molecule has 1 aromatic rings. The van der Waals surface area contributed by atoms with E-state index in [1.807, 2.05) is 13.0 Å². The largest absolute Gasteiger partial charge is 0.299 e. The van der Waals surface area contributed by atoms with Gasteiger partial charge in [-0.05, 0) is 31.9 Å². The summed E-state index contributed by atoms with van der Waals surface area (Å²) < 4.78 is 0. The van der Waals surface area contributed by atoms with Gasteiger partial charge in [-0.3, -0.25) is 14.6 Å². The maximum absolute atomic E-state index is 11.7. The molecule has 0 unspecified atom stereocenters. The topological polar surface area (TPSA) is 47.0 Å². The average Bonchev–Trinajstić information content (AvgIpc) is 3.00. The Kier molecular flexibility index (Phi) is 2.62. The van der Waals surface area contributed by atoms with Crippen molar-refractivity contribution in [2.45, 2.75) is 26.2 Å². The van der Waals surface area contributed by atoms with Crippen LogP contribution in [-0.4, -0.2) is 16.6 Å². The number of carbonyl (C=O) groups excluding carboxylic acids is 2. The molecule has 0 amide bonds. The van der Waals surface area contributed by atoms with Gasteiger partial charge in [0.15, 0.2) is 5.78 Å². The van der Waals surface area contributed by atoms with Gasteiger partial charge >= 0.3 is 0 Å². The Bertz CT molecular complexity index is 408. The quantitative estimate of drug-likeness (QED) is 0.555. The molecule has 1 aliphatic rings. The van der Waals surface area contributed by atoms with E-state index in [1.54, 1.807) is 12.1 Å². The van der Waals surface area contributed by atoms with E-state index < -0.39 is 0 Å². The van der Waals surface area contributed by atoms with Crippen molar-refractivity contribution < 1.29 is 9.59 Å². The van der Waals surface area contributed by atoms with Crippen LogP contribution in [0, 0.1) is 12.8 Å². The third kappa shape index (κ3) is 2.49. The highest BCUT2D eigenvalue weighted by Gasteiger charge is 2.30. The third-order valence-corrected chi connectivity index (χ3v) is 2.54. The molecule has 0 spiro atoms. The fourth-order valence-electron chi connectivity index (χ4n) is 1.50. The number of rotatable bonds is 4. The van der Waals surface area contributed by atoms with E-state index in [-0.39, 0.29) is 23.9 Å². The Morgan fingerprint density at radius 2 is 2.13 bits per heavy atom. The number of aromatic nitrogens is 1. The predicted molar refractivity (Wildman–Crippen MR) is 55.7 cm³/mol. The molecule has 0 atom stereocenters. The number of ketones is 2. The molecule has 78 valence electrons. The van der Waals surface area contributed by atoms with Crippen LogP contribution in [0.3, 0.4) is 0 Å². The number of aryl methyl sites for hydroxylation is 1. The molecule has 0 radical (unpaired) electrons. The van der Waals surface area contributed by atoms with Crippen LogP contribution in [-0.2, 0) is 4.79 Å². The molecule has 0 aromatic carbocycles. The van der Waals surface area contributed by atoms with E-state index in [0.717, 1.165) is 18.5 Å². The lowest BCUT2D eigenvalue weighted by molar-refractivity contribution is -0.119. The summed E-state index contributed by atoms with van der Waals surface area (Å²) in [5, 5.41) is 0. The van der Waals surface area contributed by atoms with E-state index in [0.29, 0.717) is 5.69 Å². The molecule has 0 bridgehead atoms. The lowest BCUT2D eigenvalue weighted by atomic mass is 10.1. The normalized spacial score (nSPS) is 15.0. The molecule has 1 aromatic heterocycles. The van der Waals surface area contributed by atoms with Gasteiger partial charge < -0.3 is 0 Å². The van der Waals surface area contributed by atoms with Crippen molar-refractivity contribution in [3.63, 3.8) is 0 Å². The van der Waals surface area contributed by atoms with E-state index in [4.69, 9.17) is 0 Å². The van der Waals surface area contributed by atoms with E-state index in [9.17, 15) is 9.59 Å². The minimum Gasteiger partial charge on any atom is -0.299 e. The Labute approximate surface area is 88.5 Å². The van der Waals surface area contributed by atoms with Crippen molar-refractivity contribution in [1.82, 2.24) is 4.98 Å². The number of Topliss-reactive ketones (excluding diaryl/α,β-unsaturated/α-hetero) is 2. The molecule has 3 heteroatoms. The molecular formula is C12H13NO2.